The third kappa shape index (κ3) is 1.78. The maximum Gasteiger partial charge on any atom is 0.127 e. The fourth-order valence-corrected chi connectivity index (χ4v) is 4.08. The van der Waals surface area contributed by atoms with Crippen molar-refractivity contribution in [2.75, 3.05) is 13.1 Å². The first-order valence-electron chi connectivity index (χ1n) is 7.16. The lowest BCUT2D eigenvalue weighted by Crippen LogP contribution is -2.57. The van der Waals surface area contributed by atoms with Crippen LogP contribution in [0.5, 0.6) is 0 Å². The van der Waals surface area contributed by atoms with Gasteiger partial charge in [0, 0.05) is 12.0 Å². The molecule has 2 aliphatic carbocycles. The van der Waals surface area contributed by atoms with Crippen molar-refractivity contribution in [2.24, 2.45) is 5.41 Å². The maximum atomic E-state index is 14.1. The molecule has 0 unspecified atom stereocenters. The van der Waals surface area contributed by atoms with Crippen molar-refractivity contribution < 1.29 is 4.39 Å². The molecule has 0 radical (unpaired) electrons. The summed E-state index contributed by atoms with van der Waals surface area (Å²) >= 11 is 0. The molecule has 98 valence electrons. The molecule has 1 aromatic carbocycles. The Balaban J connectivity index is 1.85. The molecular weight excluding hydrogens is 225 g/mol. The minimum atomic E-state index is -0.0235. The fourth-order valence-electron chi connectivity index (χ4n) is 4.08. The van der Waals surface area contributed by atoms with E-state index in [2.05, 4.69) is 12.2 Å². The Hall–Kier alpha value is -0.890. The monoisotopic (exact) mass is 247 g/mol. The molecule has 3 rings (SSSR count). The summed E-state index contributed by atoms with van der Waals surface area (Å²) in [5, 5.41) is 3.44. The number of rotatable bonds is 4. The van der Waals surface area contributed by atoms with E-state index in [9.17, 15) is 4.39 Å². The van der Waals surface area contributed by atoms with Crippen molar-refractivity contribution in [1.29, 1.82) is 0 Å². The third-order valence-electron chi connectivity index (χ3n) is 5.00. The van der Waals surface area contributed by atoms with Crippen molar-refractivity contribution in [3.8, 4) is 0 Å². The molecular formula is C16H22FN. The van der Waals surface area contributed by atoms with Crippen molar-refractivity contribution in [3.63, 3.8) is 0 Å². The SMILES string of the molecule is CCNCC1(c2ccccc2F)CC2(CCC2)C1. The quantitative estimate of drug-likeness (QED) is 0.856. The van der Waals surface area contributed by atoms with Crippen LogP contribution in [-0.2, 0) is 5.41 Å². The van der Waals surface area contributed by atoms with Gasteiger partial charge in [0.05, 0.1) is 0 Å². The zero-order chi connectivity index (χ0) is 12.6. The molecule has 2 aliphatic rings. The standard InChI is InChI=1S/C16H22FN/c1-2-18-12-16(10-15(11-16)8-5-9-15)13-6-3-4-7-14(13)17/h3-4,6-7,18H,2,5,8-12H2,1H3. The van der Waals surface area contributed by atoms with E-state index < -0.39 is 0 Å². The van der Waals surface area contributed by atoms with E-state index in [1.165, 1.54) is 32.1 Å². The average molecular weight is 247 g/mol. The fraction of sp³-hybridized carbons (Fsp3) is 0.625. The molecule has 0 aliphatic heterocycles. The molecule has 0 heterocycles. The predicted molar refractivity (Wildman–Crippen MR) is 72.1 cm³/mol. The lowest BCUT2D eigenvalue weighted by molar-refractivity contribution is -0.0494. The van der Waals surface area contributed by atoms with Crippen LogP contribution in [0.2, 0.25) is 0 Å². The van der Waals surface area contributed by atoms with Crippen LogP contribution >= 0.6 is 0 Å². The number of hydrogen-bond donors (Lipinski definition) is 1. The predicted octanol–water partition coefficient (Wildman–Crippen LogP) is 3.64. The van der Waals surface area contributed by atoms with E-state index in [1.54, 1.807) is 12.1 Å². The normalized spacial score (nSPS) is 23.4. The summed E-state index contributed by atoms with van der Waals surface area (Å²) < 4.78 is 14.1. The van der Waals surface area contributed by atoms with Gasteiger partial charge in [-0.15, -0.1) is 0 Å². The van der Waals surface area contributed by atoms with Gasteiger partial charge >= 0.3 is 0 Å². The van der Waals surface area contributed by atoms with E-state index in [0.29, 0.717) is 5.41 Å². The van der Waals surface area contributed by atoms with E-state index in [4.69, 9.17) is 0 Å². The zero-order valence-electron chi connectivity index (χ0n) is 11.1. The van der Waals surface area contributed by atoms with Gasteiger partial charge in [0.1, 0.15) is 5.82 Å². The molecule has 0 amide bonds. The highest BCUT2D eigenvalue weighted by Gasteiger charge is 2.57. The molecule has 0 saturated heterocycles. The summed E-state index contributed by atoms with van der Waals surface area (Å²) in [6.07, 6.45) is 6.43. The molecule has 2 heteroatoms. The van der Waals surface area contributed by atoms with Crippen LogP contribution in [-0.4, -0.2) is 13.1 Å². The van der Waals surface area contributed by atoms with Gasteiger partial charge in [0.25, 0.3) is 0 Å². The van der Waals surface area contributed by atoms with Crippen LogP contribution in [0.3, 0.4) is 0 Å². The molecule has 2 fully saturated rings. The van der Waals surface area contributed by atoms with E-state index in [-0.39, 0.29) is 11.2 Å². The average Bonchev–Trinajstić information content (AvgIpc) is 2.27. The topological polar surface area (TPSA) is 12.0 Å². The van der Waals surface area contributed by atoms with Crippen LogP contribution in [0, 0.1) is 11.2 Å². The minimum Gasteiger partial charge on any atom is -0.316 e. The first-order chi connectivity index (χ1) is 8.70. The van der Waals surface area contributed by atoms with Gasteiger partial charge in [-0.1, -0.05) is 31.5 Å². The molecule has 0 atom stereocenters. The van der Waals surface area contributed by atoms with E-state index in [1.807, 2.05) is 12.1 Å². The summed E-state index contributed by atoms with van der Waals surface area (Å²) in [5.74, 6) is -0.0235. The Kier molecular flexibility index (Phi) is 2.93. The number of nitrogens with one attached hydrogen (secondary N) is 1. The molecule has 1 aromatic rings. The third-order valence-corrected chi connectivity index (χ3v) is 5.00. The van der Waals surface area contributed by atoms with Crippen LogP contribution in [0.15, 0.2) is 24.3 Å². The number of hydrogen-bond acceptors (Lipinski definition) is 1. The van der Waals surface area contributed by atoms with Crippen molar-refractivity contribution in [2.45, 2.75) is 44.4 Å². The molecule has 0 bridgehead atoms. The van der Waals surface area contributed by atoms with Gasteiger partial charge < -0.3 is 5.32 Å². The Bertz CT molecular complexity index is 428. The highest BCUT2D eigenvalue weighted by Crippen LogP contribution is 2.64. The van der Waals surface area contributed by atoms with Gasteiger partial charge in [-0.3, -0.25) is 0 Å². The largest absolute Gasteiger partial charge is 0.316 e. The Morgan fingerprint density at radius 2 is 1.94 bits per heavy atom. The van der Waals surface area contributed by atoms with Crippen LogP contribution in [0.1, 0.15) is 44.6 Å². The Morgan fingerprint density at radius 3 is 2.50 bits per heavy atom. The van der Waals surface area contributed by atoms with Crippen LogP contribution in [0.25, 0.3) is 0 Å². The molecule has 1 N–H and O–H groups in total. The first-order valence-corrected chi connectivity index (χ1v) is 7.16. The van der Waals surface area contributed by atoms with Gasteiger partial charge in [-0.25, -0.2) is 4.39 Å². The number of likely N-dealkylation sites (N-methyl/N-ethyl adjacent to an activating group) is 1. The van der Waals surface area contributed by atoms with Gasteiger partial charge in [-0.2, -0.15) is 0 Å². The summed E-state index contributed by atoms with van der Waals surface area (Å²) in [5.41, 5.74) is 1.56. The Labute approximate surface area is 109 Å². The molecule has 0 aromatic heterocycles. The first kappa shape index (κ1) is 12.2. The van der Waals surface area contributed by atoms with Crippen molar-refractivity contribution >= 4 is 0 Å². The van der Waals surface area contributed by atoms with Gasteiger partial charge in [0.2, 0.25) is 0 Å². The molecule has 18 heavy (non-hydrogen) atoms. The summed E-state index contributed by atoms with van der Waals surface area (Å²) in [6.45, 7) is 4.00. The second kappa shape index (κ2) is 4.34. The highest BCUT2D eigenvalue weighted by atomic mass is 19.1. The molecule has 1 nitrogen and oxygen atoms in total. The lowest BCUT2D eigenvalue weighted by atomic mass is 9.43. The maximum absolute atomic E-state index is 14.1. The second-order valence-corrected chi connectivity index (χ2v) is 6.25. The number of benzene rings is 1. The molecule has 1 spiro atoms. The lowest BCUT2D eigenvalue weighted by Gasteiger charge is -2.61. The smallest absolute Gasteiger partial charge is 0.127 e. The summed E-state index contributed by atoms with van der Waals surface area (Å²) in [7, 11) is 0. The number of halogens is 1. The van der Waals surface area contributed by atoms with Crippen LogP contribution in [0.4, 0.5) is 4.39 Å². The Morgan fingerprint density at radius 1 is 1.22 bits per heavy atom. The van der Waals surface area contributed by atoms with E-state index in [0.717, 1.165) is 18.7 Å². The van der Waals surface area contributed by atoms with Gasteiger partial charge in [-0.05, 0) is 49.3 Å². The summed E-state index contributed by atoms with van der Waals surface area (Å²) in [4.78, 5) is 0. The van der Waals surface area contributed by atoms with Crippen molar-refractivity contribution in [1.82, 2.24) is 5.32 Å². The van der Waals surface area contributed by atoms with Crippen molar-refractivity contribution in [3.05, 3.63) is 35.6 Å². The highest BCUT2D eigenvalue weighted by molar-refractivity contribution is 5.33. The van der Waals surface area contributed by atoms with Crippen LogP contribution < -0.4 is 5.32 Å². The molecule has 2 saturated carbocycles. The zero-order valence-corrected chi connectivity index (χ0v) is 11.1. The second-order valence-electron chi connectivity index (χ2n) is 6.25. The van der Waals surface area contributed by atoms with Gasteiger partial charge in [0.15, 0.2) is 0 Å². The summed E-state index contributed by atoms with van der Waals surface area (Å²) in [6, 6.07) is 7.35. The van der Waals surface area contributed by atoms with E-state index >= 15 is 0 Å². The minimum absolute atomic E-state index is 0.0235.